The standard InChI is InChI=1S/C22H41NO2/c1-3-4-5-6-7-8-9-10-11-12-13-14-15-16-17-18-21-23-22(2,19-24)20-25-21/h10-11,24H,3-9,12-20H2,1-2H3/b11-10+/t22-/m0/s1. The maximum Gasteiger partial charge on any atom is 0.184 e. The topological polar surface area (TPSA) is 41.8 Å². The van der Waals surface area contributed by atoms with Crippen molar-refractivity contribution in [3.05, 3.63) is 12.2 Å². The summed E-state index contributed by atoms with van der Waals surface area (Å²) >= 11 is 0. The molecule has 1 rings (SSSR count). The Balaban J connectivity index is 1.83. The second-order valence-corrected chi connectivity index (χ2v) is 7.78. The maximum atomic E-state index is 9.25. The highest BCUT2D eigenvalue weighted by atomic mass is 16.5. The predicted molar refractivity (Wildman–Crippen MR) is 108 cm³/mol. The zero-order valence-electron chi connectivity index (χ0n) is 16.8. The van der Waals surface area contributed by atoms with Gasteiger partial charge in [-0.15, -0.1) is 0 Å². The van der Waals surface area contributed by atoms with E-state index in [9.17, 15) is 5.11 Å². The fourth-order valence-corrected chi connectivity index (χ4v) is 3.16. The normalized spacial score (nSPS) is 20.2. The van der Waals surface area contributed by atoms with Crippen molar-refractivity contribution in [3.63, 3.8) is 0 Å². The lowest BCUT2D eigenvalue weighted by atomic mass is 10.1. The number of aliphatic imine (C=N–C) groups is 1. The van der Waals surface area contributed by atoms with Crippen molar-refractivity contribution in [1.82, 2.24) is 0 Å². The SMILES string of the molecule is CCCCCCCC/C=C/CCCCCCCC1=N[C@@](C)(CO)CO1. The van der Waals surface area contributed by atoms with E-state index in [0.717, 1.165) is 18.7 Å². The lowest BCUT2D eigenvalue weighted by Gasteiger charge is -2.12. The highest BCUT2D eigenvalue weighted by molar-refractivity contribution is 5.78. The summed E-state index contributed by atoms with van der Waals surface area (Å²) < 4.78 is 5.56. The highest BCUT2D eigenvalue weighted by Crippen LogP contribution is 2.20. The van der Waals surface area contributed by atoms with Crippen LogP contribution in [0.5, 0.6) is 0 Å². The van der Waals surface area contributed by atoms with E-state index in [1.165, 1.54) is 77.0 Å². The van der Waals surface area contributed by atoms with Gasteiger partial charge in [0.1, 0.15) is 12.1 Å². The Morgan fingerprint density at radius 1 is 0.920 bits per heavy atom. The van der Waals surface area contributed by atoms with E-state index in [0.29, 0.717) is 6.61 Å². The summed E-state index contributed by atoms with van der Waals surface area (Å²) in [7, 11) is 0. The first-order chi connectivity index (χ1) is 12.2. The van der Waals surface area contributed by atoms with Gasteiger partial charge in [0.05, 0.1) is 6.61 Å². The van der Waals surface area contributed by atoms with Crippen LogP contribution in [0.2, 0.25) is 0 Å². The minimum atomic E-state index is -0.392. The molecule has 1 heterocycles. The summed E-state index contributed by atoms with van der Waals surface area (Å²) in [6, 6.07) is 0. The third kappa shape index (κ3) is 11.4. The van der Waals surface area contributed by atoms with Crippen LogP contribution in [0.3, 0.4) is 0 Å². The molecule has 0 amide bonds. The first-order valence-corrected chi connectivity index (χ1v) is 10.7. The average Bonchev–Trinajstić information content (AvgIpc) is 3.00. The molecule has 146 valence electrons. The molecule has 1 N–H and O–H groups in total. The van der Waals surface area contributed by atoms with Gasteiger partial charge in [0.25, 0.3) is 0 Å². The molecule has 0 saturated heterocycles. The van der Waals surface area contributed by atoms with E-state index in [1.807, 2.05) is 6.92 Å². The maximum absolute atomic E-state index is 9.25. The molecular formula is C22H41NO2. The summed E-state index contributed by atoms with van der Waals surface area (Å²) in [6.07, 6.45) is 22.9. The Kier molecular flexibility index (Phi) is 12.8. The van der Waals surface area contributed by atoms with E-state index in [4.69, 9.17) is 4.74 Å². The number of unbranched alkanes of at least 4 members (excludes halogenated alkanes) is 11. The lowest BCUT2D eigenvalue weighted by Crippen LogP contribution is -2.28. The molecule has 0 saturated carbocycles. The van der Waals surface area contributed by atoms with Gasteiger partial charge in [-0.1, -0.05) is 70.4 Å². The van der Waals surface area contributed by atoms with Crippen LogP contribution in [-0.4, -0.2) is 29.8 Å². The molecule has 0 unspecified atom stereocenters. The Bertz CT molecular complexity index is 378. The van der Waals surface area contributed by atoms with E-state index in [2.05, 4.69) is 24.1 Å². The van der Waals surface area contributed by atoms with Crippen molar-refractivity contribution < 1.29 is 9.84 Å². The molecule has 0 aromatic carbocycles. The van der Waals surface area contributed by atoms with E-state index in [1.54, 1.807) is 0 Å². The van der Waals surface area contributed by atoms with E-state index < -0.39 is 5.54 Å². The minimum absolute atomic E-state index is 0.0723. The van der Waals surface area contributed by atoms with Crippen LogP contribution in [-0.2, 0) is 4.74 Å². The Morgan fingerprint density at radius 3 is 2.04 bits per heavy atom. The van der Waals surface area contributed by atoms with Crippen molar-refractivity contribution in [1.29, 1.82) is 0 Å². The molecule has 0 spiro atoms. The third-order valence-electron chi connectivity index (χ3n) is 4.94. The summed E-state index contributed by atoms with van der Waals surface area (Å²) in [4.78, 5) is 4.48. The smallest absolute Gasteiger partial charge is 0.184 e. The van der Waals surface area contributed by atoms with Crippen molar-refractivity contribution >= 4 is 5.90 Å². The number of aliphatic hydroxyl groups is 1. The van der Waals surface area contributed by atoms with Gasteiger partial charge in [-0.2, -0.15) is 0 Å². The number of hydrogen-bond donors (Lipinski definition) is 1. The number of allylic oxidation sites excluding steroid dienone is 2. The highest BCUT2D eigenvalue weighted by Gasteiger charge is 2.30. The summed E-state index contributed by atoms with van der Waals surface area (Å²) in [5.41, 5.74) is -0.392. The Labute approximate surface area is 156 Å². The lowest BCUT2D eigenvalue weighted by molar-refractivity contribution is 0.169. The predicted octanol–water partition coefficient (Wildman–Crippen LogP) is 6.20. The first-order valence-electron chi connectivity index (χ1n) is 10.7. The van der Waals surface area contributed by atoms with Gasteiger partial charge in [-0.3, -0.25) is 0 Å². The van der Waals surface area contributed by atoms with Gasteiger partial charge in [-0.25, -0.2) is 4.99 Å². The van der Waals surface area contributed by atoms with Gasteiger partial charge >= 0.3 is 0 Å². The van der Waals surface area contributed by atoms with Crippen LogP contribution in [0.4, 0.5) is 0 Å². The molecule has 0 fully saturated rings. The Morgan fingerprint density at radius 2 is 1.48 bits per heavy atom. The van der Waals surface area contributed by atoms with Crippen molar-refractivity contribution in [2.75, 3.05) is 13.2 Å². The van der Waals surface area contributed by atoms with Crippen molar-refractivity contribution in [2.45, 2.75) is 109 Å². The molecule has 0 aromatic rings. The van der Waals surface area contributed by atoms with Crippen LogP contribution in [0.1, 0.15) is 104 Å². The number of nitrogens with zero attached hydrogens (tertiary/aromatic N) is 1. The fourth-order valence-electron chi connectivity index (χ4n) is 3.16. The van der Waals surface area contributed by atoms with Crippen LogP contribution < -0.4 is 0 Å². The van der Waals surface area contributed by atoms with Crippen LogP contribution >= 0.6 is 0 Å². The molecule has 1 aliphatic rings. The second-order valence-electron chi connectivity index (χ2n) is 7.78. The number of hydrogen-bond acceptors (Lipinski definition) is 3. The largest absolute Gasteiger partial charge is 0.478 e. The number of ether oxygens (including phenoxy) is 1. The fraction of sp³-hybridized carbons (Fsp3) is 0.864. The number of aliphatic hydroxyl groups excluding tert-OH is 1. The van der Waals surface area contributed by atoms with E-state index >= 15 is 0 Å². The molecule has 3 heteroatoms. The summed E-state index contributed by atoms with van der Waals surface area (Å²) in [6.45, 7) is 4.82. The van der Waals surface area contributed by atoms with Gasteiger partial charge < -0.3 is 9.84 Å². The van der Waals surface area contributed by atoms with Crippen molar-refractivity contribution in [3.8, 4) is 0 Å². The van der Waals surface area contributed by atoms with Crippen LogP contribution in [0.15, 0.2) is 17.1 Å². The van der Waals surface area contributed by atoms with Crippen LogP contribution in [0.25, 0.3) is 0 Å². The second kappa shape index (κ2) is 14.4. The quantitative estimate of drug-likeness (QED) is 0.265. The minimum Gasteiger partial charge on any atom is -0.478 e. The molecule has 0 radical (unpaired) electrons. The number of rotatable bonds is 16. The molecule has 0 aromatic heterocycles. The van der Waals surface area contributed by atoms with Crippen molar-refractivity contribution in [2.24, 2.45) is 4.99 Å². The molecule has 25 heavy (non-hydrogen) atoms. The molecule has 1 atom stereocenters. The molecule has 0 bridgehead atoms. The van der Waals surface area contributed by atoms with Crippen LogP contribution in [0, 0.1) is 0 Å². The molecule has 3 nitrogen and oxygen atoms in total. The third-order valence-corrected chi connectivity index (χ3v) is 4.94. The average molecular weight is 352 g/mol. The molecule has 1 aliphatic heterocycles. The Hall–Kier alpha value is -0.830. The molecular weight excluding hydrogens is 310 g/mol. The van der Waals surface area contributed by atoms with E-state index in [-0.39, 0.29) is 6.61 Å². The zero-order chi connectivity index (χ0) is 18.2. The summed E-state index contributed by atoms with van der Waals surface area (Å²) in [5.74, 6) is 0.842. The van der Waals surface area contributed by atoms with Gasteiger partial charge in [-0.05, 0) is 39.0 Å². The summed E-state index contributed by atoms with van der Waals surface area (Å²) in [5, 5.41) is 9.25. The first kappa shape index (κ1) is 22.2. The van der Waals surface area contributed by atoms with Gasteiger partial charge in [0.2, 0.25) is 0 Å². The zero-order valence-corrected chi connectivity index (χ0v) is 16.8. The molecule has 0 aliphatic carbocycles. The van der Waals surface area contributed by atoms with Gasteiger partial charge in [0, 0.05) is 6.42 Å². The monoisotopic (exact) mass is 351 g/mol. The van der Waals surface area contributed by atoms with Gasteiger partial charge in [0.15, 0.2) is 5.90 Å².